The molecule has 0 N–H and O–H groups in total. The molecule has 0 fully saturated rings. The van der Waals surface area contributed by atoms with Crippen LogP contribution in [0.25, 0.3) is 62.6 Å². The van der Waals surface area contributed by atoms with E-state index in [1.807, 2.05) is 57.7 Å². The molecule has 0 atom stereocenters. The van der Waals surface area contributed by atoms with E-state index in [0.717, 1.165) is 54.6 Å². The number of benzene rings is 2. The molecule has 8 aromatic rings. The van der Waals surface area contributed by atoms with Gasteiger partial charge in [0, 0.05) is 51.5 Å². The number of rotatable bonds is 0. The summed E-state index contributed by atoms with van der Waals surface area (Å²) < 4.78 is 1.99. The standard InChI is InChI=1S/C16H6O2S2.C16H10S2/c17-13-7-1-3-19-15(7)11-6-10-12(5-9(11)13)16-8(14(10)18)2-4-20-16;1-3-17-15-9(1)5-11-7-14-12(8-13(11)15)6-10-2-4-18-16(10)14/h1-6H;1-4,7-8H,5-6H2. The maximum absolute atomic E-state index is 12.4. The Hall–Kier alpha value is -3.42. The molecule has 4 aromatic carbocycles. The van der Waals surface area contributed by atoms with Gasteiger partial charge in [-0.2, -0.15) is 0 Å². The van der Waals surface area contributed by atoms with Crippen molar-refractivity contribution in [3.63, 3.8) is 0 Å². The van der Waals surface area contributed by atoms with E-state index in [1.165, 1.54) is 43.1 Å². The smallest absolute Gasteiger partial charge is 0.195 e. The van der Waals surface area contributed by atoms with E-state index in [4.69, 9.17) is 0 Å². The molecule has 0 amide bonds. The fourth-order valence-electron chi connectivity index (χ4n) is 6.27. The van der Waals surface area contributed by atoms with E-state index in [9.17, 15) is 9.59 Å². The summed E-state index contributed by atoms with van der Waals surface area (Å²) >= 11 is 6.90. The summed E-state index contributed by atoms with van der Waals surface area (Å²) in [4.78, 5) is 27.8. The predicted molar refractivity (Wildman–Crippen MR) is 166 cm³/mol. The van der Waals surface area contributed by atoms with Crippen molar-refractivity contribution in [3.8, 4) is 20.9 Å². The normalized spacial score (nSPS) is 13.3. The second-order valence-electron chi connectivity index (χ2n) is 10.00. The molecule has 0 radical (unpaired) electrons. The second-order valence-corrected chi connectivity index (χ2v) is 13.7. The van der Waals surface area contributed by atoms with Crippen LogP contribution in [0.5, 0.6) is 0 Å². The van der Waals surface area contributed by atoms with E-state index in [1.54, 1.807) is 22.7 Å². The van der Waals surface area contributed by atoms with Gasteiger partial charge in [0.25, 0.3) is 0 Å². The highest BCUT2D eigenvalue weighted by atomic mass is 32.1. The highest BCUT2D eigenvalue weighted by Crippen LogP contribution is 2.47. The van der Waals surface area contributed by atoms with Gasteiger partial charge >= 0.3 is 0 Å². The van der Waals surface area contributed by atoms with Crippen molar-refractivity contribution in [1.82, 2.24) is 0 Å². The van der Waals surface area contributed by atoms with Crippen LogP contribution in [0.3, 0.4) is 0 Å². The molecule has 0 saturated carbocycles. The lowest BCUT2D eigenvalue weighted by molar-refractivity contribution is 1.24. The molecule has 0 unspecified atom stereocenters. The highest BCUT2D eigenvalue weighted by Gasteiger charge is 2.26. The summed E-state index contributed by atoms with van der Waals surface area (Å²) in [6.07, 6.45) is 2.25. The summed E-state index contributed by atoms with van der Waals surface area (Å²) in [5.41, 5.74) is 9.24. The van der Waals surface area contributed by atoms with Crippen LogP contribution in [0.2, 0.25) is 0 Å². The van der Waals surface area contributed by atoms with Gasteiger partial charge in [-0.1, -0.05) is 0 Å². The fraction of sp³-hybridized carbons (Fsp3) is 0.0625. The van der Waals surface area contributed by atoms with Crippen molar-refractivity contribution in [2.45, 2.75) is 12.8 Å². The lowest BCUT2D eigenvalue weighted by atomic mass is 10.0. The maximum atomic E-state index is 12.4. The van der Waals surface area contributed by atoms with Crippen molar-refractivity contribution in [2.75, 3.05) is 0 Å². The predicted octanol–water partition coefficient (Wildman–Crippen LogP) is 8.97. The van der Waals surface area contributed by atoms with Crippen LogP contribution in [0, 0.1) is 0 Å². The van der Waals surface area contributed by atoms with Crippen LogP contribution in [0.4, 0.5) is 0 Å². The van der Waals surface area contributed by atoms with Crippen LogP contribution in [-0.2, 0) is 12.8 Å². The second kappa shape index (κ2) is 7.58. The van der Waals surface area contributed by atoms with E-state index in [0.29, 0.717) is 0 Å². The third-order valence-corrected chi connectivity index (χ3v) is 11.9. The molecule has 38 heavy (non-hydrogen) atoms. The molecule has 180 valence electrons. The molecule has 0 bridgehead atoms. The molecule has 10 rings (SSSR count). The van der Waals surface area contributed by atoms with Gasteiger partial charge in [0.1, 0.15) is 0 Å². The highest BCUT2D eigenvalue weighted by molar-refractivity contribution is 7.19. The average Bonchev–Trinajstić information content (AvgIpc) is 3.74. The topological polar surface area (TPSA) is 34.1 Å². The number of hydrogen-bond donors (Lipinski definition) is 0. The van der Waals surface area contributed by atoms with Crippen molar-refractivity contribution in [1.29, 1.82) is 0 Å². The van der Waals surface area contributed by atoms with E-state index >= 15 is 0 Å². The minimum atomic E-state index is 0.0801. The van der Waals surface area contributed by atoms with Crippen molar-refractivity contribution >= 4 is 87.1 Å². The van der Waals surface area contributed by atoms with E-state index in [2.05, 4.69) is 35.0 Å². The number of fused-ring (bicyclic) bond motifs is 12. The Kier molecular flexibility index (Phi) is 4.29. The molecular formula is C32H16O2S4. The summed E-state index contributed by atoms with van der Waals surface area (Å²) in [5.74, 6) is 0. The molecule has 2 aliphatic carbocycles. The third-order valence-electron chi connectivity index (χ3n) is 8.03. The van der Waals surface area contributed by atoms with Gasteiger partial charge in [-0.25, -0.2) is 0 Å². The average molecular weight is 561 g/mol. The monoisotopic (exact) mass is 560 g/mol. The van der Waals surface area contributed by atoms with Gasteiger partial charge in [0.05, 0.1) is 0 Å². The van der Waals surface area contributed by atoms with Crippen molar-refractivity contribution in [3.05, 3.63) is 113 Å². The van der Waals surface area contributed by atoms with Crippen molar-refractivity contribution in [2.24, 2.45) is 0 Å². The van der Waals surface area contributed by atoms with Crippen LogP contribution < -0.4 is 10.9 Å². The molecule has 4 heterocycles. The van der Waals surface area contributed by atoms with Gasteiger partial charge in [-0.05, 0) is 116 Å². The van der Waals surface area contributed by atoms with E-state index < -0.39 is 0 Å². The molecular weight excluding hydrogens is 545 g/mol. The van der Waals surface area contributed by atoms with Crippen molar-refractivity contribution < 1.29 is 0 Å². The minimum Gasteiger partial charge on any atom is -0.289 e. The van der Waals surface area contributed by atoms with Gasteiger partial charge in [-0.15, -0.1) is 45.3 Å². The van der Waals surface area contributed by atoms with Gasteiger partial charge < -0.3 is 0 Å². The Balaban J connectivity index is 0.000000112. The third kappa shape index (κ3) is 2.76. The molecule has 6 heteroatoms. The Labute approximate surface area is 232 Å². The summed E-state index contributed by atoms with van der Waals surface area (Å²) in [6, 6.07) is 17.0. The Bertz CT molecular complexity index is 2180. The molecule has 0 saturated heterocycles. The van der Waals surface area contributed by atoms with E-state index in [-0.39, 0.29) is 10.9 Å². The molecule has 0 spiro atoms. The first-order chi connectivity index (χ1) is 18.7. The summed E-state index contributed by atoms with van der Waals surface area (Å²) in [7, 11) is 0. The lowest BCUT2D eigenvalue weighted by Gasteiger charge is -2.05. The zero-order valence-corrected chi connectivity index (χ0v) is 23.1. The fourth-order valence-corrected chi connectivity index (χ4v) is 10.1. The minimum absolute atomic E-state index is 0.0801. The molecule has 2 aliphatic rings. The molecule has 4 aromatic heterocycles. The van der Waals surface area contributed by atoms with Crippen LogP contribution in [0.1, 0.15) is 22.3 Å². The number of hydrogen-bond acceptors (Lipinski definition) is 6. The largest absolute Gasteiger partial charge is 0.289 e. The lowest BCUT2D eigenvalue weighted by Crippen LogP contribution is -1.94. The quantitative estimate of drug-likeness (QED) is 0.185. The first-order valence-electron chi connectivity index (χ1n) is 12.4. The van der Waals surface area contributed by atoms with Gasteiger partial charge in [0.2, 0.25) is 0 Å². The Morgan fingerprint density at radius 2 is 0.895 bits per heavy atom. The van der Waals surface area contributed by atoms with Gasteiger partial charge in [0.15, 0.2) is 10.9 Å². The Morgan fingerprint density at radius 1 is 0.447 bits per heavy atom. The number of thiophene rings is 4. The zero-order valence-electron chi connectivity index (χ0n) is 19.8. The summed E-state index contributed by atoms with van der Waals surface area (Å²) in [5, 5.41) is 13.1. The molecule has 2 nitrogen and oxygen atoms in total. The first-order valence-corrected chi connectivity index (χ1v) is 15.9. The van der Waals surface area contributed by atoms with Crippen LogP contribution >= 0.6 is 45.3 Å². The Morgan fingerprint density at radius 3 is 1.37 bits per heavy atom. The first kappa shape index (κ1) is 21.5. The van der Waals surface area contributed by atoms with Gasteiger partial charge in [-0.3, -0.25) is 9.59 Å². The SMILES string of the molecule is O=c1c2cc3c(cc2c2sccc12)c(=O)c1ccsc13.c1cc2c(s1)-c1cc3c(cc1C2)-c1sccc1C3. The van der Waals surface area contributed by atoms with Crippen LogP contribution in [-0.4, -0.2) is 0 Å². The van der Waals surface area contributed by atoms with Crippen LogP contribution in [0.15, 0.2) is 79.6 Å². The maximum Gasteiger partial charge on any atom is 0.195 e. The molecule has 0 aliphatic heterocycles. The zero-order chi connectivity index (χ0) is 25.1. The summed E-state index contributed by atoms with van der Waals surface area (Å²) in [6.45, 7) is 0.